The molecule has 2 N–H and O–H groups in total. The standard InChI is InChI=1S/C16H13F2NO/c1-9-2-3-10(7-13(9)18)16(19)15-8-11-6-12(17)4-5-14(11)20-15/h2-8,16H,19H2,1H3. The Hall–Kier alpha value is -2.20. The topological polar surface area (TPSA) is 39.2 Å². The monoisotopic (exact) mass is 273 g/mol. The number of furan rings is 1. The molecule has 0 fully saturated rings. The molecule has 1 aromatic heterocycles. The number of rotatable bonds is 2. The summed E-state index contributed by atoms with van der Waals surface area (Å²) >= 11 is 0. The van der Waals surface area contributed by atoms with E-state index >= 15 is 0 Å². The predicted octanol–water partition coefficient (Wildman–Crippen LogP) is 4.07. The van der Waals surface area contributed by atoms with Crippen molar-refractivity contribution in [1.82, 2.24) is 0 Å². The molecule has 0 saturated heterocycles. The third-order valence-electron chi connectivity index (χ3n) is 3.36. The molecule has 0 aliphatic carbocycles. The lowest BCUT2D eigenvalue weighted by Gasteiger charge is -2.09. The van der Waals surface area contributed by atoms with Crippen LogP contribution in [0.1, 0.15) is 22.9 Å². The number of halogens is 2. The Bertz CT molecular complexity index is 779. The molecule has 3 aromatic rings. The Labute approximate surface area is 114 Å². The Morgan fingerprint density at radius 2 is 1.85 bits per heavy atom. The molecular formula is C16H13F2NO. The van der Waals surface area contributed by atoms with Crippen molar-refractivity contribution in [3.63, 3.8) is 0 Å². The van der Waals surface area contributed by atoms with Crippen LogP contribution in [0.4, 0.5) is 8.78 Å². The highest BCUT2D eigenvalue weighted by molar-refractivity contribution is 5.78. The van der Waals surface area contributed by atoms with Crippen molar-refractivity contribution in [2.24, 2.45) is 5.73 Å². The van der Waals surface area contributed by atoms with Gasteiger partial charge in [0.1, 0.15) is 23.0 Å². The maximum atomic E-state index is 13.6. The van der Waals surface area contributed by atoms with Crippen LogP contribution in [-0.2, 0) is 0 Å². The van der Waals surface area contributed by atoms with Gasteiger partial charge in [0.2, 0.25) is 0 Å². The zero-order chi connectivity index (χ0) is 14.3. The van der Waals surface area contributed by atoms with E-state index in [9.17, 15) is 8.78 Å². The van der Waals surface area contributed by atoms with Gasteiger partial charge in [-0.05, 0) is 48.4 Å². The van der Waals surface area contributed by atoms with Crippen LogP contribution in [0.25, 0.3) is 11.0 Å². The smallest absolute Gasteiger partial charge is 0.134 e. The first kappa shape index (κ1) is 12.8. The van der Waals surface area contributed by atoms with Gasteiger partial charge in [-0.15, -0.1) is 0 Å². The van der Waals surface area contributed by atoms with E-state index in [2.05, 4.69) is 0 Å². The van der Waals surface area contributed by atoms with Crippen molar-refractivity contribution < 1.29 is 13.2 Å². The number of hydrogen-bond acceptors (Lipinski definition) is 2. The third kappa shape index (κ3) is 2.18. The molecule has 0 radical (unpaired) electrons. The first-order chi connectivity index (χ1) is 9.54. The van der Waals surface area contributed by atoms with Crippen LogP contribution in [0.3, 0.4) is 0 Å². The van der Waals surface area contributed by atoms with Gasteiger partial charge in [-0.2, -0.15) is 0 Å². The molecule has 0 aliphatic heterocycles. The van der Waals surface area contributed by atoms with E-state index in [4.69, 9.17) is 10.2 Å². The lowest BCUT2D eigenvalue weighted by Crippen LogP contribution is -2.11. The van der Waals surface area contributed by atoms with Gasteiger partial charge in [-0.1, -0.05) is 12.1 Å². The second-order valence-corrected chi connectivity index (χ2v) is 4.82. The van der Waals surface area contributed by atoms with E-state index in [0.29, 0.717) is 27.9 Å². The highest BCUT2D eigenvalue weighted by Gasteiger charge is 2.15. The lowest BCUT2D eigenvalue weighted by molar-refractivity contribution is 0.522. The van der Waals surface area contributed by atoms with Gasteiger partial charge in [0.05, 0.1) is 6.04 Å². The van der Waals surface area contributed by atoms with Crippen molar-refractivity contribution in [2.75, 3.05) is 0 Å². The number of aryl methyl sites for hydroxylation is 1. The summed E-state index contributed by atoms with van der Waals surface area (Å²) in [6.07, 6.45) is 0. The number of nitrogens with two attached hydrogens (primary N) is 1. The molecular weight excluding hydrogens is 260 g/mol. The van der Waals surface area contributed by atoms with E-state index in [-0.39, 0.29) is 11.6 Å². The van der Waals surface area contributed by atoms with Gasteiger partial charge in [-0.25, -0.2) is 8.78 Å². The van der Waals surface area contributed by atoms with Crippen molar-refractivity contribution in [1.29, 1.82) is 0 Å². The summed E-state index contributed by atoms with van der Waals surface area (Å²) in [4.78, 5) is 0. The predicted molar refractivity (Wildman–Crippen MR) is 73.3 cm³/mol. The van der Waals surface area contributed by atoms with Gasteiger partial charge in [-0.3, -0.25) is 0 Å². The van der Waals surface area contributed by atoms with Crippen molar-refractivity contribution >= 4 is 11.0 Å². The summed E-state index contributed by atoms with van der Waals surface area (Å²) in [6.45, 7) is 1.69. The first-order valence-corrected chi connectivity index (χ1v) is 6.25. The van der Waals surface area contributed by atoms with Crippen molar-refractivity contribution in [3.8, 4) is 0 Å². The number of benzene rings is 2. The van der Waals surface area contributed by atoms with Gasteiger partial charge >= 0.3 is 0 Å². The first-order valence-electron chi connectivity index (χ1n) is 6.25. The van der Waals surface area contributed by atoms with Crippen LogP contribution in [0.5, 0.6) is 0 Å². The van der Waals surface area contributed by atoms with Crippen LogP contribution in [0.15, 0.2) is 46.9 Å². The fourth-order valence-corrected chi connectivity index (χ4v) is 2.15. The second kappa shape index (κ2) is 4.72. The van der Waals surface area contributed by atoms with E-state index in [1.807, 2.05) is 0 Å². The minimum absolute atomic E-state index is 0.305. The molecule has 0 amide bonds. The largest absolute Gasteiger partial charge is 0.459 e. The molecule has 0 bridgehead atoms. The normalized spacial score (nSPS) is 12.8. The van der Waals surface area contributed by atoms with Gasteiger partial charge in [0.15, 0.2) is 0 Å². The molecule has 0 aliphatic rings. The SMILES string of the molecule is Cc1ccc(C(N)c2cc3cc(F)ccc3o2)cc1F. The molecule has 1 unspecified atom stereocenters. The minimum atomic E-state index is -0.583. The second-order valence-electron chi connectivity index (χ2n) is 4.82. The van der Waals surface area contributed by atoms with E-state index in [1.54, 1.807) is 31.2 Å². The Morgan fingerprint density at radius 1 is 1.05 bits per heavy atom. The molecule has 1 atom stereocenters. The Morgan fingerprint density at radius 3 is 2.60 bits per heavy atom. The highest BCUT2D eigenvalue weighted by atomic mass is 19.1. The molecule has 20 heavy (non-hydrogen) atoms. The maximum absolute atomic E-state index is 13.6. The Kier molecular flexibility index (Phi) is 3.03. The fraction of sp³-hybridized carbons (Fsp3) is 0.125. The lowest BCUT2D eigenvalue weighted by atomic mass is 10.0. The van der Waals surface area contributed by atoms with E-state index in [1.165, 1.54) is 18.2 Å². The molecule has 0 spiro atoms. The van der Waals surface area contributed by atoms with Crippen molar-refractivity contribution in [3.05, 3.63) is 71.0 Å². The van der Waals surface area contributed by atoms with E-state index in [0.717, 1.165) is 0 Å². The highest BCUT2D eigenvalue weighted by Crippen LogP contribution is 2.27. The summed E-state index contributed by atoms with van der Waals surface area (Å²) in [5, 5.41) is 0.642. The number of hydrogen-bond donors (Lipinski definition) is 1. The van der Waals surface area contributed by atoms with Crippen molar-refractivity contribution in [2.45, 2.75) is 13.0 Å². The van der Waals surface area contributed by atoms with Crippen LogP contribution in [0, 0.1) is 18.6 Å². The van der Waals surface area contributed by atoms with Gasteiger partial charge in [0.25, 0.3) is 0 Å². The molecule has 0 saturated carbocycles. The maximum Gasteiger partial charge on any atom is 0.134 e. The zero-order valence-electron chi connectivity index (χ0n) is 10.9. The molecule has 2 aromatic carbocycles. The molecule has 2 nitrogen and oxygen atoms in total. The average molecular weight is 273 g/mol. The van der Waals surface area contributed by atoms with Crippen LogP contribution < -0.4 is 5.73 Å². The molecule has 1 heterocycles. The summed E-state index contributed by atoms with van der Waals surface area (Å²) in [7, 11) is 0. The van der Waals surface area contributed by atoms with Crippen LogP contribution >= 0.6 is 0 Å². The van der Waals surface area contributed by atoms with Gasteiger partial charge in [0, 0.05) is 5.39 Å². The van der Waals surface area contributed by atoms with E-state index < -0.39 is 6.04 Å². The third-order valence-corrected chi connectivity index (χ3v) is 3.36. The summed E-state index contributed by atoms with van der Waals surface area (Å²) in [5.41, 5.74) is 7.82. The quantitative estimate of drug-likeness (QED) is 0.764. The van der Waals surface area contributed by atoms with Crippen LogP contribution in [0.2, 0.25) is 0 Å². The molecule has 102 valence electrons. The summed E-state index contributed by atoms with van der Waals surface area (Å²) in [6, 6.07) is 10.2. The van der Waals surface area contributed by atoms with Crippen LogP contribution in [-0.4, -0.2) is 0 Å². The zero-order valence-corrected chi connectivity index (χ0v) is 10.9. The summed E-state index contributed by atoms with van der Waals surface area (Å²) in [5.74, 6) is -0.159. The molecule has 3 rings (SSSR count). The Balaban J connectivity index is 2.02. The fourth-order valence-electron chi connectivity index (χ4n) is 2.15. The molecule has 4 heteroatoms. The number of fused-ring (bicyclic) bond motifs is 1. The summed E-state index contributed by atoms with van der Waals surface area (Å²) < 4.78 is 32.3. The average Bonchev–Trinajstić information content (AvgIpc) is 2.84. The minimum Gasteiger partial charge on any atom is -0.459 e. The van der Waals surface area contributed by atoms with Gasteiger partial charge < -0.3 is 10.2 Å².